The first kappa shape index (κ1) is 13.5. The Morgan fingerprint density at radius 2 is 1.77 bits per heavy atom. The molecule has 0 aliphatic heterocycles. The van der Waals surface area contributed by atoms with Crippen LogP contribution in [0, 0.1) is 0 Å². The second kappa shape index (κ2) is 4.95. The van der Waals surface area contributed by atoms with E-state index in [9.17, 15) is 0 Å². The highest BCUT2D eigenvalue weighted by atomic mass is 14.7. The van der Waals surface area contributed by atoms with E-state index < -0.39 is 0 Å². The minimum absolute atomic E-state index is 0.0857. The van der Waals surface area contributed by atoms with Gasteiger partial charge in [0.25, 0.3) is 0 Å². The predicted molar refractivity (Wildman–Crippen MR) is 94.1 cm³/mol. The number of aliphatic imine (C=N–C) groups is 1. The molecule has 0 saturated heterocycles. The van der Waals surface area contributed by atoms with Gasteiger partial charge >= 0.3 is 0 Å². The number of rotatable bonds is 1. The van der Waals surface area contributed by atoms with Gasteiger partial charge in [-0.15, -0.1) is 0 Å². The van der Waals surface area contributed by atoms with Crippen LogP contribution in [0.3, 0.4) is 0 Å². The second-order valence-corrected chi connectivity index (χ2v) is 6.80. The van der Waals surface area contributed by atoms with Crippen molar-refractivity contribution in [3.05, 3.63) is 65.7 Å². The van der Waals surface area contributed by atoms with E-state index in [1.165, 1.54) is 40.8 Å². The third kappa shape index (κ3) is 2.04. The molecule has 0 N–H and O–H groups in total. The van der Waals surface area contributed by atoms with Crippen LogP contribution in [0.15, 0.2) is 59.6 Å². The van der Waals surface area contributed by atoms with Gasteiger partial charge in [0.05, 0.1) is 5.69 Å². The molecule has 0 fully saturated rings. The number of fused-ring (bicyclic) bond motifs is 3. The van der Waals surface area contributed by atoms with Crippen LogP contribution in [0.4, 0.5) is 5.69 Å². The number of benzene rings is 2. The quantitative estimate of drug-likeness (QED) is 0.628. The molecule has 0 heterocycles. The second-order valence-electron chi connectivity index (χ2n) is 6.80. The van der Waals surface area contributed by atoms with Gasteiger partial charge in [0.15, 0.2) is 0 Å². The fourth-order valence-corrected chi connectivity index (χ4v) is 3.74. The average molecular weight is 287 g/mol. The molecular formula is C21H21N. The molecule has 0 unspecified atom stereocenters. The van der Waals surface area contributed by atoms with Gasteiger partial charge in [-0.25, -0.2) is 0 Å². The van der Waals surface area contributed by atoms with Crippen molar-refractivity contribution < 1.29 is 0 Å². The fourth-order valence-electron chi connectivity index (χ4n) is 3.74. The average Bonchev–Trinajstić information content (AvgIpc) is 2.77. The van der Waals surface area contributed by atoms with Gasteiger partial charge in [-0.3, -0.25) is 4.99 Å². The van der Waals surface area contributed by atoms with E-state index in [4.69, 9.17) is 4.99 Å². The van der Waals surface area contributed by atoms with Crippen molar-refractivity contribution in [2.45, 2.75) is 38.5 Å². The lowest BCUT2D eigenvalue weighted by atomic mass is 9.82. The Labute approximate surface area is 132 Å². The standard InChI is InChI=1S/C21H21N/c1-21(2)19-11-7-6-10-17(19)18-14-16(12-13-20(18)21)22-15-8-4-3-5-9-15/h4,6-8,10-14H,3,5,9H2,1-2H3. The van der Waals surface area contributed by atoms with Crippen LogP contribution in [-0.2, 0) is 5.41 Å². The maximum absolute atomic E-state index is 4.85. The Balaban J connectivity index is 1.84. The molecule has 0 radical (unpaired) electrons. The number of allylic oxidation sites excluding steroid dienone is 2. The maximum Gasteiger partial charge on any atom is 0.0639 e. The van der Waals surface area contributed by atoms with E-state index in [0.717, 1.165) is 12.1 Å². The van der Waals surface area contributed by atoms with Crippen molar-refractivity contribution in [1.29, 1.82) is 0 Å². The summed E-state index contributed by atoms with van der Waals surface area (Å²) < 4.78 is 0. The van der Waals surface area contributed by atoms with E-state index >= 15 is 0 Å². The lowest BCUT2D eigenvalue weighted by Gasteiger charge is -2.21. The molecule has 0 aromatic heterocycles. The third-order valence-corrected chi connectivity index (χ3v) is 4.95. The van der Waals surface area contributed by atoms with Crippen LogP contribution in [-0.4, -0.2) is 5.71 Å². The van der Waals surface area contributed by atoms with E-state index in [1.807, 2.05) is 0 Å². The van der Waals surface area contributed by atoms with Crippen molar-refractivity contribution in [2.24, 2.45) is 4.99 Å². The Kier molecular flexibility index (Phi) is 3.04. The molecule has 0 spiro atoms. The Morgan fingerprint density at radius 3 is 2.59 bits per heavy atom. The van der Waals surface area contributed by atoms with Gasteiger partial charge in [-0.05, 0) is 59.7 Å². The first-order chi connectivity index (χ1) is 10.7. The number of hydrogen-bond acceptors (Lipinski definition) is 1. The van der Waals surface area contributed by atoms with Crippen LogP contribution >= 0.6 is 0 Å². The lowest BCUT2D eigenvalue weighted by molar-refractivity contribution is 0.660. The van der Waals surface area contributed by atoms with Crippen LogP contribution in [0.5, 0.6) is 0 Å². The van der Waals surface area contributed by atoms with Crippen molar-refractivity contribution in [3.8, 4) is 11.1 Å². The zero-order valence-electron chi connectivity index (χ0n) is 13.3. The molecule has 110 valence electrons. The molecule has 22 heavy (non-hydrogen) atoms. The summed E-state index contributed by atoms with van der Waals surface area (Å²) in [5.74, 6) is 0. The minimum atomic E-state index is 0.0857. The van der Waals surface area contributed by atoms with E-state index in [-0.39, 0.29) is 5.41 Å². The summed E-state index contributed by atoms with van der Waals surface area (Å²) in [5.41, 5.74) is 7.92. The van der Waals surface area contributed by atoms with Crippen molar-refractivity contribution in [1.82, 2.24) is 0 Å². The SMILES string of the molecule is CC1(C)c2ccccc2-c2cc(N=C3C=CCCC3)ccc21. The predicted octanol–water partition coefficient (Wildman–Crippen LogP) is 5.81. The Bertz CT molecular complexity index is 793. The van der Waals surface area contributed by atoms with Crippen LogP contribution in [0.25, 0.3) is 11.1 Å². The molecule has 1 heteroatoms. The molecule has 0 bridgehead atoms. The molecule has 0 atom stereocenters. The van der Waals surface area contributed by atoms with E-state index in [0.29, 0.717) is 0 Å². The van der Waals surface area contributed by atoms with Crippen LogP contribution in [0.2, 0.25) is 0 Å². The largest absolute Gasteiger partial charge is 0.253 e. The van der Waals surface area contributed by atoms with Crippen molar-refractivity contribution >= 4 is 11.4 Å². The minimum Gasteiger partial charge on any atom is -0.253 e. The molecule has 2 aromatic carbocycles. The summed E-state index contributed by atoms with van der Waals surface area (Å²) >= 11 is 0. The zero-order valence-corrected chi connectivity index (χ0v) is 13.3. The Morgan fingerprint density at radius 1 is 0.955 bits per heavy atom. The van der Waals surface area contributed by atoms with Crippen molar-refractivity contribution in [3.63, 3.8) is 0 Å². The topological polar surface area (TPSA) is 12.4 Å². The Hall–Kier alpha value is -2.15. The van der Waals surface area contributed by atoms with Crippen molar-refractivity contribution in [2.75, 3.05) is 0 Å². The molecule has 4 rings (SSSR count). The summed E-state index contributed by atoms with van der Waals surface area (Å²) in [7, 11) is 0. The van der Waals surface area contributed by atoms with Gasteiger partial charge < -0.3 is 0 Å². The molecule has 0 saturated carbocycles. The number of nitrogens with zero attached hydrogens (tertiary/aromatic N) is 1. The van der Waals surface area contributed by atoms with Gasteiger partial charge in [0.2, 0.25) is 0 Å². The van der Waals surface area contributed by atoms with E-state index in [2.05, 4.69) is 68.5 Å². The van der Waals surface area contributed by atoms with Gasteiger partial charge in [-0.1, -0.05) is 50.3 Å². The summed E-state index contributed by atoms with van der Waals surface area (Å²) in [4.78, 5) is 4.85. The summed E-state index contributed by atoms with van der Waals surface area (Å²) in [6.45, 7) is 4.63. The highest BCUT2D eigenvalue weighted by Gasteiger charge is 2.34. The highest BCUT2D eigenvalue weighted by Crippen LogP contribution is 2.49. The molecule has 0 amide bonds. The zero-order chi connectivity index (χ0) is 15.2. The van der Waals surface area contributed by atoms with Gasteiger partial charge in [0, 0.05) is 11.1 Å². The molecule has 2 aromatic rings. The first-order valence-corrected chi connectivity index (χ1v) is 8.15. The lowest BCUT2D eigenvalue weighted by Crippen LogP contribution is -2.14. The van der Waals surface area contributed by atoms with Crippen LogP contribution < -0.4 is 0 Å². The molecule has 2 aliphatic rings. The maximum atomic E-state index is 4.85. The van der Waals surface area contributed by atoms with Gasteiger partial charge in [0.1, 0.15) is 0 Å². The highest BCUT2D eigenvalue weighted by molar-refractivity contribution is 5.97. The van der Waals surface area contributed by atoms with E-state index in [1.54, 1.807) is 0 Å². The molecule has 2 aliphatic carbocycles. The van der Waals surface area contributed by atoms with Crippen LogP contribution in [0.1, 0.15) is 44.2 Å². The molecule has 1 nitrogen and oxygen atoms in total. The summed E-state index contributed by atoms with van der Waals surface area (Å²) in [6.07, 6.45) is 7.90. The summed E-state index contributed by atoms with van der Waals surface area (Å²) in [6, 6.07) is 15.5. The fraction of sp³-hybridized carbons (Fsp3) is 0.286. The van der Waals surface area contributed by atoms with Gasteiger partial charge in [-0.2, -0.15) is 0 Å². The first-order valence-electron chi connectivity index (χ1n) is 8.15. The third-order valence-electron chi connectivity index (χ3n) is 4.95. The number of hydrogen-bond donors (Lipinski definition) is 0. The summed E-state index contributed by atoms with van der Waals surface area (Å²) in [5, 5.41) is 0. The monoisotopic (exact) mass is 287 g/mol. The molecular weight excluding hydrogens is 266 g/mol. The normalized spacial score (nSPS) is 20.0. The smallest absolute Gasteiger partial charge is 0.0639 e.